The predicted octanol–water partition coefficient (Wildman–Crippen LogP) is 4.06. The zero-order valence-corrected chi connectivity index (χ0v) is 17.9. The van der Waals surface area contributed by atoms with Gasteiger partial charge in [-0.25, -0.2) is 14.4 Å². The van der Waals surface area contributed by atoms with Crippen LogP contribution in [0.4, 0.5) is 10.2 Å². The van der Waals surface area contributed by atoms with E-state index in [1.54, 1.807) is 0 Å². The van der Waals surface area contributed by atoms with E-state index in [1.165, 1.54) is 18.5 Å². The van der Waals surface area contributed by atoms with Gasteiger partial charge >= 0.3 is 0 Å². The van der Waals surface area contributed by atoms with E-state index in [-0.39, 0.29) is 11.9 Å². The Morgan fingerprint density at radius 2 is 1.75 bits per heavy atom. The molecule has 0 saturated carbocycles. The lowest BCUT2D eigenvalue weighted by Crippen LogP contribution is -2.47. The summed E-state index contributed by atoms with van der Waals surface area (Å²) in [6.07, 6.45) is 1.52. The first-order chi connectivity index (χ1) is 15.7. The summed E-state index contributed by atoms with van der Waals surface area (Å²) in [6, 6.07) is 14.4. The fourth-order valence-electron chi connectivity index (χ4n) is 4.09. The molecule has 2 aromatic carbocycles. The molecule has 8 heteroatoms. The van der Waals surface area contributed by atoms with Crippen molar-refractivity contribution >= 4 is 5.82 Å². The van der Waals surface area contributed by atoms with Crippen LogP contribution in [0.1, 0.15) is 18.5 Å². The molecule has 2 aliphatic rings. The minimum Gasteiger partial charge on any atom is -0.486 e. The molecule has 1 atom stereocenters. The number of aromatic nitrogens is 2. The van der Waals surface area contributed by atoms with Gasteiger partial charge in [-0.15, -0.1) is 0 Å². The molecular formula is C24H25FN4O3. The Bertz CT molecular complexity index is 1070. The van der Waals surface area contributed by atoms with Gasteiger partial charge in [-0.1, -0.05) is 18.2 Å². The van der Waals surface area contributed by atoms with Crippen LogP contribution in [0.25, 0.3) is 0 Å². The maximum Gasteiger partial charge on any atom is 0.224 e. The molecule has 1 unspecified atom stereocenters. The van der Waals surface area contributed by atoms with Crippen molar-refractivity contribution in [1.29, 1.82) is 0 Å². The van der Waals surface area contributed by atoms with Crippen molar-refractivity contribution in [2.24, 2.45) is 0 Å². The lowest BCUT2D eigenvalue weighted by molar-refractivity contribution is 0.166. The summed E-state index contributed by atoms with van der Waals surface area (Å²) in [5.74, 6) is 2.93. The van der Waals surface area contributed by atoms with E-state index in [9.17, 15) is 4.39 Å². The Hall–Kier alpha value is -3.39. The molecule has 3 aromatic rings. The third kappa shape index (κ3) is 4.31. The lowest BCUT2D eigenvalue weighted by atomic mass is 10.1. The number of piperazine rings is 1. The third-order valence-electron chi connectivity index (χ3n) is 5.91. The van der Waals surface area contributed by atoms with Gasteiger partial charge in [-0.3, -0.25) is 4.90 Å². The van der Waals surface area contributed by atoms with Gasteiger partial charge in [0.2, 0.25) is 11.6 Å². The zero-order chi connectivity index (χ0) is 21.9. The van der Waals surface area contributed by atoms with Gasteiger partial charge in [0.05, 0.1) is 0 Å². The molecule has 2 aliphatic heterocycles. The number of anilines is 1. The van der Waals surface area contributed by atoms with E-state index < -0.39 is 0 Å². The third-order valence-corrected chi connectivity index (χ3v) is 5.91. The number of ether oxygens (including phenoxy) is 3. The standard InChI is InChI=1S/C24H25FN4O3/c1-17(18-5-7-19(25)8-6-18)28-9-11-29(12-10-28)22-15-23(27-16-26-22)32-21-4-2-3-20-24(21)31-14-13-30-20/h2-8,15-17H,9-14H2,1H3. The van der Waals surface area contributed by atoms with Crippen LogP contribution in [0.2, 0.25) is 0 Å². The normalized spacial score (nSPS) is 17.1. The fraction of sp³-hybridized carbons (Fsp3) is 0.333. The average molecular weight is 436 g/mol. The Labute approximate surface area is 186 Å². The summed E-state index contributed by atoms with van der Waals surface area (Å²) >= 11 is 0. The second kappa shape index (κ2) is 9.00. The van der Waals surface area contributed by atoms with Crippen LogP contribution in [0.15, 0.2) is 54.9 Å². The largest absolute Gasteiger partial charge is 0.486 e. The number of para-hydroxylation sites is 1. The highest BCUT2D eigenvalue weighted by Gasteiger charge is 2.24. The van der Waals surface area contributed by atoms with E-state index in [0.29, 0.717) is 36.3 Å². The summed E-state index contributed by atoms with van der Waals surface area (Å²) in [6.45, 7) is 6.61. The van der Waals surface area contributed by atoms with Crippen molar-refractivity contribution in [2.75, 3.05) is 44.3 Å². The van der Waals surface area contributed by atoms with Crippen LogP contribution in [0, 0.1) is 5.82 Å². The van der Waals surface area contributed by atoms with Gasteiger partial charge in [-0.05, 0) is 36.8 Å². The molecule has 7 nitrogen and oxygen atoms in total. The summed E-state index contributed by atoms with van der Waals surface area (Å²) in [7, 11) is 0. The Morgan fingerprint density at radius 1 is 0.969 bits per heavy atom. The fourth-order valence-corrected chi connectivity index (χ4v) is 4.09. The van der Waals surface area contributed by atoms with E-state index in [2.05, 4.69) is 26.7 Å². The van der Waals surface area contributed by atoms with Crippen LogP contribution in [0.3, 0.4) is 0 Å². The van der Waals surface area contributed by atoms with Crippen molar-refractivity contribution < 1.29 is 18.6 Å². The van der Waals surface area contributed by atoms with Crippen LogP contribution < -0.4 is 19.1 Å². The SMILES string of the molecule is CC(c1ccc(F)cc1)N1CCN(c2cc(Oc3cccc4c3OCCO4)ncn2)CC1. The van der Waals surface area contributed by atoms with E-state index >= 15 is 0 Å². The zero-order valence-electron chi connectivity index (χ0n) is 17.9. The molecule has 1 saturated heterocycles. The Kier molecular flexibility index (Phi) is 5.77. The van der Waals surface area contributed by atoms with Gasteiger partial charge in [0.25, 0.3) is 0 Å². The Balaban J connectivity index is 1.24. The van der Waals surface area contributed by atoms with Crippen LogP contribution >= 0.6 is 0 Å². The number of rotatable bonds is 5. The summed E-state index contributed by atoms with van der Waals surface area (Å²) in [5, 5.41) is 0. The van der Waals surface area contributed by atoms with E-state index in [4.69, 9.17) is 14.2 Å². The first-order valence-electron chi connectivity index (χ1n) is 10.8. The molecule has 3 heterocycles. The molecule has 0 amide bonds. The number of hydrogen-bond acceptors (Lipinski definition) is 7. The van der Waals surface area contributed by atoms with Crippen LogP contribution in [0.5, 0.6) is 23.1 Å². The van der Waals surface area contributed by atoms with Crippen molar-refractivity contribution in [3.63, 3.8) is 0 Å². The molecule has 1 aromatic heterocycles. The molecule has 0 bridgehead atoms. The molecular weight excluding hydrogens is 411 g/mol. The van der Waals surface area contributed by atoms with Gasteiger partial charge in [-0.2, -0.15) is 0 Å². The van der Waals surface area contributed by atoms with E-state index in [0.717, 1.165) is 37.6 Å². The number of halogens is 1. The smallest absolute Gasteiger partial charge is 0.224 e. The summed E-state index contributed by atoms with van der Waals surface area (Å²) in [5.41, 5.74) is 1.12. The minimum atomic E-state index is -0.206. The predicted molar refractivity (Wildman–Crippen MR) is 118 cm³/mol. The van der Waals surface area contributed by atoms with E-state index in [1.807, 2.05) is 36.4 Å². The highest BCUT2D eigenvalue weighted by atomic mass is 19.1. The molecule has 0 radical (unpaired) electrons. The number of hydrogen-bond donors (Lipinski definition) is 0. The topological polar surface area (TPSA) is 60.0 Å². The second-order valence-corrected chi connectivity index (χ2v) is 7.85. The monoisotopic (exact) mass is 436 g/mol. The minimum absolute atomic E-state index is 0.206. The molecule has 0 N–H and O–H groups in total. The maximum atomic E-state index is 13.2. The van der Waals surface area contributed by atoms with Crippen molar-refractivity contribution in [3.05, 3.63) is 66.2 Å². The van der Waals surface area contributed by atoms with Crippen LogP contribution in [-0.2, 0) is 0 Å². The highest BCUT2D eigenvalue weighted by molar-refractivity contribution is 5.53. The molecule has 166 valence electrons. The van der Waals surface area contributed by atoms with Gasteiger partial charge in [0.1, 0.15) is 31.2 Å². The van der Waals surface area contributed by atoms with Crippen molar-refractivity contribution in [3.8, 4) is 23.1 Å². The average Bonchev–Trinajstić information content (AvgIpc) is 2.85. The van der Waals surface area contributed by atoms with Gasteiger partial charge in [0.15, 0.2) is 11.5 Å². The molecule has 32 heavy (non-hydrogen) atoms. The van der Waals surface area contributed by atoms with Crippen LogP contribution in [-0.4, -0.2) is 54.3 Å². The van der Waals surface area contributed by atoms with Crippen molar-refractivity contribution in [1.82, 2.24) is 14.9 Å². The number of nitrogens with zero attached hydrogens (tertiary/aromatic N) is 4. The number of fused-ring (bicyclic) bond motifs is 1. The lowest BCUT2D eigenvalue weighted by Gasteiger charge is -2.38. The molecule has 5 rings (SSSR count). The quantitative estimate of drug-likeness (QED) is 0.598. The first-order valence-corrected chi connectivity index (χ1v) is 10.8. The molecule has 1 fully saturated rings. The number of benzene rings is 2. The maximum absolute atomic E-state index is 13.2. The Morgan fingerprint density at radius 3 is 2.56 bits per heavy atom. The van der Waals surface area contributed by atoms with Crippen molar-refractivity contribution in [2.45, 2.75) is 13.0 Å². The molecule has 0 spiro atoms. The summed E-state index contributed by atoms with van der Waals surface area (Å²) in [4.78, 5) is 13.3. The highest BCUT2D eigenvalue weighted by Crippen LogP contribution is 2.41. The molecule has 0 aliphatic carbocycles. The second-order valence-electron chi connectivity index (χ2n) is 7.85. The van der Waals surface area contributed by atoms with Gasteiger partial charge < -0.3 is 19.1 Å². The summed E-state index contributed by atoms with van der Waals surface area (Å²) < 4.78 is 30.6. The first kappa shape index (κ1) is 20.5. The van der Waals surface area contributed by atoms with Gasteiger partial charge in [0, 0.05) is 38.3 Å².